The Morgan fingerprint density at radius 3 is 2.23 bits per heavy atom. The molecule has 0 aliphatic rings. The van der Waals surface area contributed by atoms with Gasteiger partial charge >= 0.3 is 0 Å². The van der Waals surface area contributed by atoms with E-state index in [1.807, 2.05) is 12.1 Å². The second-order valence-corrected chi connectivity index (χ2v) is 6.33. The molecule has 5 heteroatoms. The minimum atomic E-state index is -0.348. The van der Waals surface area contributed by atoms with E-state index >= 15 is 0 Å². The van der Waals surface area contributed by atoms with Crippen LogP contribution < -0.4 is 10.6 Å². The van der Waals surface area contributed by atoms with E-state index in [-0.39, 0.29) is 11.7 Å². The van der Waals surface area contributed by atoms with E-state index in [9.17, 15) is 9.18 Å². The topological polar surface area (TPSA) is 54.0 Å². The molecule has 0 unspecified atom stereocenters. The van der Waals surface area contributed by atoms with Gasteiger partial charge in [-0.1, -0.05) is 26.0 Å². The zero-order valence-electron chi connectivity index (χ0n) is 14.7. The quantitative estimate of drug-likeness (QED) is 0.654. The summed E-state index contributed by atoms with van der Waals surface area (Å²) in [6.45, 7) is 4.30. The normalized spacial score (nSPS) is 10.6. The summed E-state index contributed by atoms with van der Waals surface area (Å²) in [7, 11) is 0. The lowest BCUT2D eigenvalue weighted by Gasteiger charge is -2.10. The highest BCUT2D eigenvalue weighted by Gasteiger charge is 2.08. The SMILES string of the molecule is CC(C)c1ccc(Nc2cncc(C(=O)Nc3ccc(F)cc3)c2)cc1. The van der Waals surface area contributed by atoms with Crippen LogP contribution >= 0.6 is 0 Å². The molecule has 0 atom stereocenters. The lowest BCUT2D eigenvalue weighted by Crippen LogP contribution is -2.12. The molecule has 2 aromatic carbocycles. The van der Waals surface area contributed by atoms with Crippen LogP contribution in [0.15, 0.2) is 67.0 Å². The highest BCUT2D eigenvalue weighted by molar-refractivity contribution is 6.04. The molecule has 1 heterocycles. The standard InChI is InChI=1S/C21H20FN3O/c1-14(2)15-3-7-18(8-4-15)24-20-11-16(12-23-13-20)21(26)25-19-9-5-17(22)6-10-19/h3-14,24H,1-2H3,(H,25,26). The first-order chi connectivity index (χ1) is 12.5. The fraction of sp³-hybridized carbons (Fsp3) is 0.143. The minimum Gasteiger partial charge on any atom is -0.354 e. The second kappa shape index (κ2) is 7.78. The van der Waals surface area contributed by atoms with Crippen LogP contribution in [0.1, 0.15) is 35.7 Å². The molecule has 1 amide bonds. The van der Waals surface area contributed by atoms with Gasteiger partial charge in [0, 0.05) is 17.6 Å². The van der Waals surface area contributed by atoms with Gasteiger partial charge in [0.1, 0.15) is 5.82 Å². The minimum absolute atomic E-state index is 0.303. The molecule has 0 aliphatic heterocycles. The fourth-order valence-electron chi connectivity index (χ4n) is 2.49. The smallest absolute Gasteiger partial charge is 0.257 e. The summed E-state index contributed by atoms with van der Waals surface area (Å²) >= 11 is 0. The van der Waals surface area contributed by atoms with Crippen LogP contribution in [-0.4, -0.2) is 10.9 Å². The summed E-state index contributed by atoms with van der Waals surface area (Å²) in [4.78, 5) is 16.5. The van der Waals surface area contributed by atoms with Crippen molar-refractivity contribution in [2.75, 3.05) is 10.6 Å². The van der Waals surface area contributed by atoms with E-state index < -0.39 is 0 Å². The zero-order chi connectivity index (χ0) is 18.5. The number of pyridine rings is 1. The highest BCUT2D eigenvalue weighted by Crippen LogP contribution is 2.21. The van der Waals surface area contributed by atoms with Crippen molar-refractivity contribution < 1.29 is 9.18 Å². The number of benzene rings is 2. The summed E-state index contributed by atoms with van der Waals surface area (Å²) in [6, 6.07) is 15.5. The number of carbonyl (C=O) groups is 1. The number of anilines is 3. The lowest BCUT2D eigenvalue weighted by molar-refractivity contribution is 0.102. The molecule has 2 N–H and O–H groups in total. The Balaban J connectivity index is 1.71. The van der Waals surface area contributed by atoms with Gasteiger partial charge in [-0.15, -0.1) is 0 Å². The maximum Gasteiger partial charge on any atom is 0.257 e. The van der Waals surface area contributed by atoms with Crippen LogP contribution in [0, 0.1) is 5.82 Å². The predicted molar refractivity (Wildman–Crippen MR) is 102 cm³/mol. The van der Waals surface area contributed by atoms with Crippen LogP contribution in [0.4, 0.5) is 21.5 Å². The highest BCUT2D eigenvalue weighted by atomic mass is 19.1. The van der Waals surface area contributed by atoms with Crippen molar-refractivity contribution in [2.45, 2.75) is 19.8 Å². The second-order valence-electron chi connectivity index (χ2n) is 6.33. The van der Waals surface area contributed by atoms with Crippen molar-refractivity contribution >= 4 is 23.0 Å². The molecule has 0 fully saturated rings. The van der Waals surface area contributed by atoms with Gasteiger partial charge in [0.05, 0.1) is 17.4 Å². The summed E-state index contributed by atoms with van der Waals surface area (Å²) in [5.74, 6) is -0.175. The lowest BCUT2D eigenvalue weighted by atomic mass is 10.0. The Bertz CT molecular complexity index is 890. The molecule has 4 nitrogen and oxygen atoms in total. The van der Waals surface area contributed by atoms with Crippen molar-refractivity contribution in [1.82, 2.24) is 4.98 Å². The van der Waals surface area contributed by atoms with Crippen molar-refractivity contribution in [2.24, 2.45) is 0 Å². The first-order valence-electron chi connectivity index (χ1n) is 8.40. The zero-order valence-corrected chi connectivity index (χ0v) is 14.7. The predicted octanol–water partition coefficient (Wildman–Crippen LogP) is 5.34. The Labute approximate surface area is 152 Å². The van der Waals surface area contributed by atoms with E-state index in [1.54, 1.807) is 12.3 Å². The van der Waals surface area contributed by atoms with E-state index in [4.69, 9.17) is 0 Å². The average Bonchev–Trinajstić information content (AvgIpc) is 2.64. The summed E-state index contributed by atoms with van der Waals surface area (Å²) in [6.07, 6.45) is 3.15. The maximum absolute atomic E-state index is 12.9. The van der Waals surface area contributed by atoms with Crippen LogP contribution in [0.25, 0.3) is 0 Å². The van der Waals surface area contributed by atoms with Gasteiger partial charge in [-0.3, -0.25) is 9.78 Å². The number of nitrogens with one attached hydrogen (secondary N) is 2. The van der Waals surface area contributed by atoms with Gasteiger partial charge in [-0.25, -0.2) is 4.39 Å². The first kappa shape index (κ1) is 17.6. The Hall–Kier alpha value is -3.21. The molecule has 3 rings (SSSR count). The van der Waals surface area contributed by atoms with E-state index in [0.717, 1.165) is 5.69 Å². The molecular formula is C21H20FN3O. The number of carbonyl (C=O) groups excluding carboxylic acids is 1. The van der Waals surface area contributed by atoms with Gasteiger partial charge in [-0.2, -0.15) is 0 Å². The van der Waals surface area contributed by atoms with Crippen LogP contribution in [0.2, 0.25) is 0 Å². The molecule has 0 bridgehead atoms. The molecule has 0 saturated heterocycles. The van der Waals surface area contributed by atoms with E-state index in [2.05, 4.69) is 41.6 Å². The van der Waals surface area contributed by atoms with Crippen molar-refractivity contribution in [1.29, 1.82) is 0 Å². The number of rotatable bonds is 5. The third kappa shape index (κ3) is 4.45. The molecule has 0 aliphatic carbocycles. The van der Waals surface area contributed by atoms with Gasteiger partial charge in [0.15, 0.2) is 0 Å². The molecule has 0 saturated carbocycles. The maximum atomic E-state index is 12.9. The molecule has 26 heavy (non-hydrogen) atoms. The largest absolute Gasteiger partial charge is 0.354 e. The molecular weight excluding hydrogens is 329 g/mol. The van der Waals surface area contributed by atoms with Gasteiger partial charge in [0.25, 0.3) is 5.91 Å². The van der Waals surface area contributed by atoms with Crippen molar-refractivity contribution in [3.05, 3.63) is 83.9 Å². The van der Waals surface area contributed by atoms with E-state index in [1.165, 1.54) is 36.0 Å². The molecule has 1 aromatic heterocycles. The molecule has 0 radical (unpaired) electrons. The van der Waals surface area contributed by atoms with Gasteiger partial charge in [0.2, 0.25) is 0 Å². The summed E-state index contributed by atoms with van der Waals surface area (Å²) < 4.78 is 12.9. The first-order valence-corrected chi connectivity index (χ1v) is 8.40. The van der Waals surface area contributed by atoms with Crippen molar-refractivity contribution in [3.8, 4) is 0 Å². The van der Waals surface area contributed by atoms with Gasteiger partial charge < -0.3 is 10.6 Å². The number of hydrogen-bond acceptors (Lipinski definition) is 3. The number of nitrogens with zero attached hydrogens (tertiary/aromatic N) is 1. The van der Waals surface area contributed by atoms with Gasteiger partial charge in [-0.05, 0) is 53.9 Å². The summed E-state index contributed by atoms with van der Waals surface area (Å²) in [5, 5.41) is 5.97. The number of hydrogen-bond donors (Lipinski definition) is 2. The number of halogens is 1. The Morgan fingerprint density at radius 1 is 0.923 bits per heavy atom. The summed E-state index contributed by atoms with van der Waals surface area (Å²) in [5.41, 5.74) is 3.85. The molecule has 0 spiro atoms. The number of amides is 1. The monoisotopic (exact) mass is 349 g/mol. The van der Waals surface area contributed by atoms with E-state index in [0.29, 0.717) is 22.9 Å². The third-order valence-corrected chi connectivity index (χ3v) is 3.97. The Kier molecular flexibility index (Phi) is 5.27. The fourth-order valence-corrected chi connectivity index (χ4v) is 2.49. The number of aromatic nitrogens is 1. The third-order valence-electron chi connectivity index (χ3n) is 3.97. The average molecular weight is 349 g/mol. The van der Waals surface area contributed by atoms with Crippen LogP contribution in [-0.2, 0) is 0 Å². The molecule has 132 valence electrons. The van der Waals surface area contributed by atoms with Crippen LogP contribution in [0.5, 0.6) is 0 Å². The Morgan fingerprint density at radius 2 is 1.58 bits per heavy atom. The van der Waals surface area contributed by atoms with Crippen molar-refractivity contribution in [3.63, 3.8) is 0 Å². The van der Waals surface area contributed by atoms with Crippen LogP contribution in [0.3, 0.4) is 0 Å². The molecule has 3 aromatic rings.